The second-order valence-corrected chi connectivity index (χ2v) is 9.47. The number of carbonyl (C=O) groups is 2. The molecule has 6 nitrogen and oxygen atoms in total. The van der Waals surface area contributed by atoms with Crippen LogP contribution in [0.1, 0.15) is 32.8 Å². The molecule has 0 N–H and O–H groups in total. The Morgan fingerprint density at radius 1 is 1.09 bits per heavy atom. The molecule has 2 amide bonds. The maximum Gasteiger partial charge on any atom is 0.265 e. The minimum absolute atomic E-state index is 0.0259. The zero-order valence-corrected chi connectivity index (χ0v) is 19.7. The number of anilines is 2. The van der Waals surface area contributed by atoms with E-state index in [2.05, 4.69) is 25.7 Å². The van der Waals surface area contributed by atoms with E-state index in [1.54, 1.807) is 4.90 Å². The molecule has 7 heteroatoms. The standard InChI is InChI=1S/C25H30ClN3O3/c1-4-25(2,3)18-8-9-22-21(14-18)29(24(31)17-32-22)16-23(30)28-12-10-27(11-13-28)20-7-5-6-19(26)15-20/h5-9,14-15H,4,10-13,16-17H2,1-3H3. The first-order chi connectivity index (χ1) is 15.3. The highest BCUT2D eigenvalue weighted by Crippen LogP contribution is 2.37. The molecular weight excluding hydrogens is 426 g/mol. The van der Waals surface area contributed by atoms with Crippen LogP contribution >= 0.6 is 11.6 Å². The number of carbonyl (C=O) groups excluding carboxylic acids is 2. The zero-order valence-electron chi connectivity index (χ0n) is 18.9. The summed E-state index contributed by atoms with van der Waals surface area (Å²) in [7, 11) is 0. The largest absolute Gasteiger partial charge is 0.482 e. The van der Waals surface area contributed by atoms with Crippen LogP contribution in [-0.4, -0.2) is 56.0 Å². The molecule has 2 aromatic carbocycles. The molecular formula is C25H30ClN3O3. The van der Waals surface area contributed by atoms with Gasteiger partial charge in [0.25, 0.3) is 5.91 Å². The molecule has 0 unspecified atom stereocenters. The third-order valence-electron chi connectivity index (χ3n) is 6.67. The van der Waals surface area contributed by atoms with Gasteiger partial charge in [0.05, 0.1) is 5.69 Å². The van der Waals surface area contributed by atoms with Crippen molar-refractivity contribution < 1.29 is 14.3 Å². The Labute approximate surface area is 194 Å². The Balaban J connectivity index is 1.46. The second-order valence-electron chi connectivity index (χ2n) is 9.04. The first-order valence-corrected chi connectivity index (χ1v) is 11.5. The summed E-state index contributed by atoms with van der Waals surface area (Å²) in [6.45, 7) is 9.17. The van der Waals surface area contributed by atoms with Crippen molar-refractivity contribution in [2.45, 2.75) is 32.6 Å². The van der Waals surface area contributed by atoms with Gasteiger partial charge in [0, 0.05) is 36.9 Å². The van der Waals surface area contributed by atoms with Crippen LogP contribution in [0.25, 0.3) is 0 Å². The summed E-state index contributed by atoms with van der Waals surface area (Å²) >= 11 is 6.12. The van der Waals surface area contributed by atoms with Gasteiger partial charge in [0.1, 0.15) is 12.3 Å². The monoisotopic (exact) mass is 455 g/mol. The molecule has 0 atom stereocenters. The summed E-state index contributed by atoms with van der Waals surface area (Å²) in [4.78, 5) is 31.4. The molecule has 1 fully saturated rings. The van der Waals surface area contributed by atoms with Gasteiger partial charge in [0.2, 0.25) is 5.91 Å². The average Bonchev–Trinajstić information content (AvgIpc) is 2.80. The van der Waals surface area contributed by atoms with Gasteiger partial charge in [-0.1, -0.05) is 44.5 Å². The smallest absolute Gasteiger partial charge is 0.265 e. The molecule has 0 aliphatic carbocycles. The van der Waals surface area contributed by atoms with E-state index < -0.39 is 0 Å². The Morgan fingerprint density at radius 3 is 2.53 bits per heavy atom. The second kappa shape index (κ2) is 9.02. The van der Waals surface area contributed by atoms with Crippen LogP contribution in [0.5, 0.6) is 5.75 Å². The molecule has 0 spiro atoms. The first-order valence-electron chi connectivity index (χ1n) is 11.1. The summed E-state index contributed by atoms with van der Waals surface area (Å²) in [6.07, 6.45) is 0.969. The third kappa shape index (κ3) is 4.56. The van der Waals surface area contributed by atoms with Crippen molar-refractivity contribution in [3.8, 4) is 5.75 Å². The maximum atomic E-state index is 13.1. The molecule has 2 aliphatic rings. The number of hydrogen-bond acceptors (Lipinski definition) is 4. The van der Waals surface area contributed by atoms with Crippen LogP contribution in [0.4, 0.5) is 11.4 Å². The lowest BCUT2D eigenvalue weighted by atomic mass is 9.82. The molecule has 0 radical (unpaired) electrons. The van der Waals surface area contributed by atoms with E-state index >= 15 is 0 Å². The third-order valence-corrected chi connectivity index (χ3v) is 6.90. The fraction of sp³-hybridized carbons (Fsp3) is 0.440. The highest BCUT2D eigenvalue weighted by Gasteiger charge is 2.31. The van der Waals surface area contributed by atoms with Crippen molar-refractivity contribution in [1.82, 2.24) is 4.90 Å². The number of nitrogens with zero attached hydrogens (tertiary/aromatic N) is 3. The average molecular weight is 456 g/mol. The quantitative estimate of drug-likeness (QED) is 0.681. The summed E-state index contributed by atoms with van der Waals surface area (Å²) in [6, 6.07) is 13.7. The molecule has 170 valence electrons. The maximum absolute atomic E-state index is 13.1. The number of halogens is 1. The van der Waals surface area contributed by atoms with Gasteiger partial charge >= 0.3 is 0 Å². The first kappa shape index (κ1) is 22.5. The summed E-state index contributed by atoms with van der Waals surface area (Å²) < 4.78 is 5.63. The Bertz CT molecular complexity index is 1020. The van der Waals surface area contributed by atoms with Gasteiger partial charge in [-0.15, -0.1) is 0 Å². The molecule has 1 saturated heterocycles. The van der Waals surface area contributed by atoms with E-state index in [0.29, 0.717) is 29.5 Å². The van der Waals surface area contributed by atoms with E-state index in [9.17, 15) is 9.59 Å². The minimum atomic E-state index is -0.185. The van der Waals surface area contributed by atoms with E-state index in [4.69, 9.17) is 16.3 Å². The predicted octanol–water partition coefficient (Wildman–Crippen LogP) is 4.10. The summed E-state index contributed by atoms with van der Waals surface area (Å²) in [5.74, 6) is 0.422. The number of ether oxygens (including phenoxy) is 1. The normalized spacial score (nSPS) is 16.6. The fourth-order valence-corrected chi connectivity index (χ4v) is 4.31. The molecule has 2 aromatic rings. The van der Waals surface area contributed by atoms with Crippen molar-refractivity contribution in [3.05, 3.63) is 53.1 Å². The van der Waals surface area contributed by atoms with E-state index in [0.717, 1.165) is 30.8 Å². The minimum Gasteiger partial charge on any atom is -0.482 e. The number of hydrogen-bond donors (Lipinski definition) is 0. The van der Waals surface area contributed by atoms with E-state index in [1.165, 1.54) is 0 Å². The number of fused-ring (bicyclic) bond motifs is 1. The number of rotatable bonds is 5. The lowest BCUT2D eigenvalue weighted by molar-refractivity contribution is -0.132. The van der Waals surface area contributed by atoms with Gasteiger partial charge in [-0.25, -0.2) is 0 Å². The molecule has 4 rings (SSSR count). The highest BCUT2D eigenvalue weighted by molar-refractivity contribution is 6.30. The Morgan fingerprint density at radius 2 is 1.84 bits per heavy atom. The van der Waals surface area contributed by atoms with E-state index in [1.807, 2.05) is 47.4 Å². The van der Waals surface area contributed by atoms with Gasteiger partial charge in [-0.3, -0.25) is 14.5 Å². The van der Waals surface area contributed by atoms with Gasteiger partial charge in [-0.2, -0.15) is 0 Å². The lowest BCUT2D eigenvalue weighted by Gasteiger charge is -2.38. The number of piperazine rings is 1. The molecule has 0 aromatic heterocycles. The van der Waals surface area contributed by atoms with Crippen LogP contribution in [0, 0.1) is 0 Å². The van der Waals surface area contributed by atoms with Crippen LogP contribution in [0.15, 0.2) is 42.5 Å². The van der Waals surface area contributed by atoms with Crippen LogP contribution in [0.3, 0.4) is 0 Å². The molecule has 0 bridgehead atoms. The van der Waals surface area contributed by atoms with Gasteiger partial charge in [0.15, 0.2) is 6.61 Å². The number of benzene rings is 2. The van der Waals surface area contributed by atoms with Crippen molar-refractivity contribution in [1.29, 1.82) is 0 Å². The van der Waals surface area contributed by atoms with Crippen LogP contribution in [0.2, 0.25) is 5.02 Å². The zero-order chi connectivity index (χ0) is 22.9. The molecule has 32 heavy (non-hydrogen) atoms. The van der Waals surface area contributed by atoms with E-state index in [-0.39, 0.29) is 30.4 Å². The Hall–Kier alpha value is -2.73. The molecule has 2 heterocycles. The topological polar surface area (TPSA) is 53.1 Å². The summed E-state index contributed by atoms with van der Waals surface area (Å²) in [5, 5.41) is 0.705. The fourth-order valence-electron chi connectivity index (χ4n) is 4.12. The van der Waals surface area contributed by atoms with Crippen LogP contribution < -0.4 is 14.5 Å². The highest BCUT2D eigenvalue weighted by atomic mass is 35.5. The Kier molecular flexibility index (Phi) is 6.33. The number of amides is 2. The van der Waals surface area contributed by atoms with Crippen molar-refractivity contribution in [3.63, 3.8) is 0 Å². The lowest BCUT2D eigenvalue weighted by Crippen LogP contribution is -2.53. The van der Waals surface area contributed by atoms with Gasteiger partial charge in [-0.05, 0) is 47.7 Å². The van der Waals surface area contributed by atoms with Crippen molar-refractivity contribution in [2.24, 2.45) is 0 Å². The SMILES string of the molecule is CCC(C)(C)c1ccc2c(c1)N(CC(=O)N1CCN(c3cccc(Cl)c3)CC1)C(=O)CO2. The van der Waals surface area contributed by atoms with Crippen LogP contribution in [-0.2, 0) is 15.0 Å². The summed E-state index contributed by atoms with van der Waals surface area (Å²) in [5.41, 5.74) is 2.85. The molecule has 0 saturated carbocycles. The van der Waals surface area contributed by atoms with Gasteiger partial charge < -0.3 is 14.5 Å². The van der Waals surface area contributed by atoms with Crippen molar-refractivity contribution >= 4 is 34.8 Å². The van der Waals surface area contributed by atoms with Crippen molar-refractivity contribution in [2.75, 3.05) is 49.1 Å². The molecule has 2 aliphatic heterocycles. The predicted molar refractivity (Wildman–Crippen MR) is 128 cm³/mol.